The predicted molar refractivity (Wildman–Crippen MR) is 149 cm³/mol. The first kappa shape index (κ1) is 27.7. The normalized spacial score (nSPS) is 14.2. The van der Waals surface area contributed by atoms with E-state index in [1.165, 1.54) is 6.07 Å². The van der Waals surface area contributed by atoms with Gasteiger partial charge >= 0.3 is 5.97 Å². The van der Waals surface area contributed by atoms with Crippen LogP contribution >= 0.6 is 0 Å². The number of halogens is 1. The second kappa shape index (κ2) is 12.0. The molecule has 0 aromatic heterocycles. The summed E-state index contributed by atoms with van der Waals surface area (Å²) in [7, 11) is 1.59. The fourth-order valence-corrected chi connectivity index (χ4v) is 5.10. The van der Waals surface area contributed by atoms with Crippen LogP contribution in [0, 0.1) is 17.2 Å². The molecule has 0 aliphatic heterocycles. The van der Waals surface area contributed by atoms with Gasteiger partial charge in [0.15, 0.2) is 0 Å². The number of ether oxygens (including phenoxy) is 2. The molecule has 1 atom stereocenters. The van der Waals surface area contributed by atoms with Gasteiger partial charge in [0.05, 0.1) is 13.5 Å². The topological polar surface area (TPSA) is 55.8 Å². The van der Waals surface area contributed by atoms with Crippen molar-refractivity contribution in [3.63, 3.8) is 0 Å². The first-order valence-corrected chi connectivity index (χ1v) is 13.5. The van der Waals surface area contributed by atoms with E-state index >= 15 is 0 Å². The van der Waals surface area contributed by atoms with Crippen molar-refractivity contribution in [3.8, 4) is 22.6 Å². The number of hydrogen-bond donors (Lipinski definition) is 1. The number of aryl methyl sites for hydroxylation is 1. The Balaban J connectivity index is 1.55. The van der Waals surface area contributed by atoms with Crippen molar-refractivity contribution in [2.24, 2.45) is 11.3 Å². The Labute approximate surface area is 225 Å². The van der Waals surface area contributed by atoms with E-state index in [2.05, 4.69) is 26.8 Å². The third-order valence-corrected chi connectivity index (χ3v) is 7.28. The summed E-state index contributed by atoms with van der Waals surface area (Å²) in [6, 6.07) is 18.8. The van der Waals surface area contributed by atoms with Crippen LogP contribution in [0.2, 0.25) is 0 Å². The fourth-order valence-electron chi connectivity index (χ4n) is 5.10. The van der Waals surface area contributed by atoms with Crippen LogP contribution in [-0.4, -0.2) is 18.2 Å². The molecule has 4 nitrogen and oxygen atoms in total. The second-order valence-corrected chi connectivity index (χ2v) is 11.7. The van der Waals surface area contributed by atoms with Crippen molar-refractivity contribution >= 4 is 5.97 Å². The summed E-state index contributed by atoms with van der Waals surface area (Å²) in [5.74, 6) is 0.837. The molecule has 3 aromatic carbocycles. The summed E-state index contributed by atoms with van der Waals surface area (Å²) in [6.07, 6.45) is 5.21. The third-order valence-electron chi connectivity index (χ3n) is 7.28. The third kappa shape index (κ3) is 7.59. The highest BCUT2D eigenvalue weighted by Crippen LogP contribution is 2.44. The Kier molecular flexibility index (Phi) is 8.76. The first-order chi connectivity index (χ1) is 18.1. The Morgan fingerprint density at radius 2 is 1.79 bits per heavy atom. The van der Waals surface area contributed by atoms with Gasteiger partial charge in [-0.15, -0.1) is 0 Å². The van der Waals surface area contributed by atoms with Crippen molar-refractivity contribution in [1.29, 1.82) is 0 Å². The number of carboxylic acid groups (broad SMARTS) is 1. The molecule has 1 aliphatic carbocycles. The van der Waals surface area contributed by atoms with Crippen molar-refractivity contribution < 1.29 is 23.8 Å². The van der Waals surface area contributed by atoms with Crippen molar-refractivity contribution in [1.82, 2.24) is 0 Å². The lowest BCUT2D eigenvalue weighted by molar-refractivity contribution is -0.137. The molecule has 202 valence electrons. The van der Waals surface area contributed by atoms with Gasteiger partial charge in [0.25, 0.3) is 0 Å². The highest BCUT2D eigenvalue weighted by atomic mass is 19.1. The monoisotopic (exact) mass is 518 g/mol. The minimum absolute atomic E-state index is 0.0545. The van der Waals surface area contributed by atoms with Crippen LogP contribution in [0.3, 0.4) is 0 Å². The molecule has 1 fully saturated rings. The number of aliphatic carboxylic acids is 1. The summed E-state index contributed by atoms with van der Waals surface area (Å²) in [5.41, 5.74) is 4.73. The number of rotatable bonds is 12. The summed E-state index contributed by atoms with van der Waals surface area (Å²) in [5, 5.41) is 9.37. The molecule has 0 heterocycles. The molecule has 0 saturated heterocycles. The molecule has 38 heavy (non-hydrogen) atoms. The minimum atomic E-state index is -0.755. The number of benzene rings is 3. The molecule has 1 saturated carbocycles. The molecule has 0 spiro atoms. The molecule has 0 bridgehead atoms. The van der Waals surface area contributed by atoms with E-state index in [0.717, 1.165) is 60.1 Å². The Morgan fingerprint density at radius 1 is 1.03 bits per heavy atom. The average molecular weight is 519 g/mol. The zero-order valence-electron chi connectivity index (χ0n) is 22.9. The summed E-state index contributed by atoms with van der Waals surface area (Å²) >= 11 is 0. The van der Waals surface area contributed by atoms with E-state index < -0.39 is 5.97 Å². The maximum Gasteiger partial charge on any atom is 0.303 e. The van der Waals surface area contributed by atoms with Gasteiger partial charge in [0, 0.05) is 5.56 Å². The molecule has 5 heteroatoms. The lowest BCUT2D eigenvalue weighted by atomic mass is 9.87. The Bertz CT molecular complexity index is 1260. The van der Waals surface area contributed by atoms with Gasteiger partial charge in [0.2, 0.25) is 0 Å². The summed E-state index contributed by atoms with van der Waals surface area (Å²) in [6.45, 7) is 7.07. The molecule has 0 amide bonds. The van der Waals surface area contributed by atoms with Gasteiger partial charge in [-0.25, -0.2) is 4.39 Å². The highest BCUT2D eigenvalue weighted by Gasteiger charge is 2.33. The maximum absolute atomic E-state index is 14.9. The van der Waals surface area contributed by atoms with Gasteiger partial charge in [-0.3, -0.25) is 4.79 Å². The zero-order valence-corrected chi connectivity index (χ0v) is 22.9. The average Bonchev–Trinajstić information content (AvgIpc) is 3.71. The van der Waals surface area contributed by atoms with Gasteiger partial charge in [0.1, 0.15) is 23.9 Å². The molecule has 1 unspecified atom stereocenters. The molecule has 0 radical (unpaired) electrons. The van der Waals surface area contributed by atoms with E-state index in [-0.39, 0.29) is 23.6 Å². The van der Waals surface area contributed by atoms with Gasteiger partial charge in [-0.1, -0.05) is 51.1 Å². The van der Waals surface area contributed by atoms with E-state index in [9.17, 15) is 14.3 Å². The van der Waals surface area contributed by atoms with Crippen LogP contribution in [0.5, 0.6) is 11.5 Å². The molecule has 4 rings (SSSR count). The maximum atomic E-state index is 14.9. The number of hydrogen-bond acceptors (Lipinski definition) is 3. The van der Waals surface area contributed by atoms with E-state index in [0.29, 0.717) is 23.8 Å². The number of methoxy groups -OCH3 is 1. The van der Waals surface area contributed by atoms with Crippen LogP contribution in [-0.2, 0) is 17.8 Å². The highest BCUT2D eigenvalue weighted by molar-refractivity contribution is 5.70. The van der Waals surface area contributed by atoms with Gasteiger partial charge < -0.3 is 14.6 Å². The molecular weight excluding hydrogens is 479 g/mol. The predicted octanol–water partition coefficient (Wildman–Crippen LogP) is 8.42. The fraction of sp³-hybridized carbons (Fsp3) is 0.424. The van der Waals surface area contributed by atoms with Crippen molar-refractivity contribution in [2.45, 2.75) is 71.8 Å². The second-order valence-electron chi connectivity index (χ2n) is 11.7. The Hall–Kier alpha value is -3.34. The SMILES string of the molecule is COc1ccc(F)c(-c2ccc(OCc3cccc(C(CC(=O)O)C4CC4)c3)cc2CCCC(C)(C)C)c1. The molecule has 1 N–H and O–H groups in total. The molecular formula is C33H39FO4. The van der Waals surface area contributed by atoms with Gasteiger partial charge in [-0.2, -0.15) is 0 Å². The van der Waals surface area contributed by atoms with Crippen molar-refractivity contribution in [2.75, 3.05) is 7.11 Å². The van der Waals surface area contributed by atoms with E-state index in [1.54, 1.807) is 19.2 Å². The van der Waals surface area contributed by atoms with Crippen LogP contribution in [0.25, 0.3) is 11.1 Å². The summed E-state index contributed by atoms with van der Waals surface area (Å²) < 4.78 is 26.4. The molecule has 1 aliphatic rings. The summed E-state index contributed by atoms with van der Waals surface area (Å²) in [4.78, 5) is 11.4. The Morgan fingerprint density at radius 3 is 2.47 bits per heavy atom. The minimum Gasteiger partial charge on any atom is -0.497 e. The zero-order chi connectivity index (χ0) is 27.3. The van der Waals surface area contributed by atoms with Crippen LogP contribution in [0.4, 0.5) is 4.39 Å². The smallest absolute Gasteiger partial charge is 0.303 e. The van der Waals surface area contributed by atoms with E-state index in [1.807, 2.05) is 36.4 Å². The van der Waals surface area contributed by atoms with Crippen LogP contribution < -0.4 is 9.47 Å². The van der Waals surface area contributed by atoms with E-state index in [4.69, 9.17) is 9.47 Å². The number of carbonyl (C=O) groups is 1. The lowest BCUT2D eigenvalue weighted by Gasteiger charge is -2.19. The quantitative estimate of drug-likeness (QED) is 0.261. The van der Waals surface area contributed by atoms with Crippen molar-refractivity contribution in [3.05, 3.63) is 83.2 Å². The first-order valence-electron chi connectivity index (χ1n) is 13.5. The molecule has 3 aromatic rings. The standard InChI is InChI=1S/C33H39FO4/c1-33(2,3)16-6-9-25-18-27(12-14-28(25)30-19-26(37-4)13-15-31(30)34)38-21-22-7-5-8-24(17-22)29(20-32(35)36)23-10-11-23/h5,7-8,12-15,17-19,23,29H,6,9-11,16,20-21H2,1-4H3,(H,35,36). The van der Waals surface area contributed by atoms with Crippen LogP contribution in [0.1, 0.15) is 75.5 Å². The van der Waals surface area contributed by atoms with Crippen LogP contribution in [0.15, 0.2) is 60.7 Å². The van der Waals surface area contributed by atoms with Gasteiger partial charge in [-0.05, 0) is 102 Å². The lowest BCUT2D eigenvalue weighted by Crippen LogP contribution is -2.09. The number of carboxylic acids is 1. The largest absolute Gasteiger partial charge is 0.497 e.